The lowest BCUT2D eigenvalue weighted by atomic mass is 9.97. The first-order chi connectivity index (χ1) is 7.70. The number of furan rings is 1. The van der Waals surface area contributed by atoms with E-state index >= 15 is 0 Å². The highest BCUT2D eigenvalue weighted by Gasteiger charge is 2.31. The third kappa shape index (κ3) is 2.30. The van der Waals surface area contributed by atoms with Crippen molar-refractivity contribution in [1.29, 1.82) is 0 Å². The van der Waals surface area contributed by atoms with Crippen LogP contribution in [0.25, 0.3) is 0 Å². The van der Waals surface area contributed by atoms with E-state index in [0.717, 1.165) is 12.3 Å². The Bertz CT molecular complexity index is 308. The van der Waals surface area contributed by atoms with Gasteiger partial charge in [-0.3, -0.25) is 4.90 Å². The molecule has 2 N–H and O–H groups in total. The highest BCUT2D eigenvalue weighted by Crippen LogP contribution is 2.30. The molecule has 1 fully saturated rings. The summed E-state index contributed by atoms with van der Waals surface area (Å²) in [5.74, 6) is 1.00. The fraction of sp³-hybridized carbons (Fsp3) is 0.692. The highest BCUT2D eigenvalue weighted by atomic mass is 16.3. The topological polar surface area (TPSA) is 42.4 Å². The first-order valence-corrected chi connectivity index (χ1v) is 6.25. The van der Waals surface area contributed by atoms with E-state index < -0.39 is 0 Å². The SMILES string of the molecule is CC(N)C(c1ccco1)N1CCCCC1C. The molecule has 3 unspecified atom stereocenters. The summed E-state index contributed by atoms with van der Waals surface area (Å²) in [6.07, 6.45) is 5.61. The van der Waals surface area contributed by atoms with Gasteiger partial charge in [0.05, 0.1) is 12.3 Å². The van der Waals surface area contributed by atoms with E-state index in [9.17, 15) is 0 Å². The molecule has 3 heteroatoms. The Morgan fingerprint density at radius 1 is 1.50 bits per heavy atom. The van der Waals surface area contributed by atoms with E-state index in [4.69, 9.17) is 10.2 Å². The van der Waals surface area contributed by atoms with Gasteiger partial charge in [0.2, 0.25) is 0 Å². The number of hydrogen-bond donors (Lipinski definition) is 1. The van der Waals surface area contributed by atoms with E-state index in [-0.39, 0.29) is 12.1 Å². The largest absolute Gasteiger partial charge is 0.468 e. The molecule has 1 aromatic rings. The van der Waals surface area contributed by atoms with Gasteiger partial charge in [-0.15, -0.1) is 0 Å². The van der Waals surface area contributed by atoms with Gasteiger partial charge in [0.15, 0.2) is 0 Å². The van der Waals surface area contributed by atoms with Gasteiger partial charge in [0.1, 0.15) is 5.76 Å². The fourth-order valence-corrected chi connectivity index (χ4v) is 2.72. The van der Waals surface area contributed by atoms with Crippen LogP contribution >= 0.6 is 0 Å². The predicted molar refractivity (Wildman–Crippen MR) is 65.1 cm³/mol. The van der Waals surface area contributed by atoms with E-state index in [1.165, 1.54) is 19.3 Å². The number of piperidine rings is 1. The zero-order valence-corrected chi connectivity index (χ0v) is 10.2. The second-order valence-electron chi connectivity index (χ2n) is 4.90. The van der Waals surface area contributed by atoms with Crippen molar-refractivity contribution in [3.05, 3.63) is 24.2 Å². The minimum atomic E-state index is 0.103. The first kappa shape index (κ1) is 11.7. The zero-order valence-electron chi connectivity index (χ0n) is 10.2. The summed E-state index contributed by atoms with van der Waals surface area (Å²) in [7, 11) is 0. The first-order valence-electron chi connectivity index (χ1n) is 6.25. The molecule has 0 saturated carbocycles. The smallest absolute Gasteiger partial charge is 0.122 e. The van der Waals surface area contributed by atoms with Gasteiger partial charge in [-0.1, -0.05) is 6.42 Å². The van der Waals surface area contributed by atoms with Gasteiger partial charge in [-0.2, -0.15) is 0 Å². The number of hydrogen-bond acceptors (Lipinski definition) is 3. The Hall–Kier alpha value is -0.800. The summed E-state index contributed by atoms with van der Waals surface area (Å²) in [5.41, 5.74) is 6.12. The molecule has 0 aromatic carbocycles. The van der Waals surface area contributed by atoms with Crippen molar-refractivity contribution in [3.8, 4) is 0 Å². The predicted octanol–water partition coefficient (Wildman–Crippen LogP) is 2.54. The summed E-state index contributed by atoms with van der Waals surface area (Å²) in [6, 6.07) is 4.92. The van der Waals surface area contributed by atoms with Crippen molar-refractivity contribution in [3.63, 3.8) is 0 Å². The molecule has 1 aliphatic heterocycles. The molecule has 2 rings (SSSR count). The molecule has 0 spiro atoms. The summed E-state index contributed by atoms with van der Waals surface area (Å²) < 4.78 is 5.54. The number of rotatable bonds is 3. The van der Waals surface area contributed by atoms with Gasteiger partial charge < -0.3 is 10.2 Å². The highest BCUT2D eigenvalue weighted by molar-refractivity contribution is 5.08. The van der Waals surface area contributed by atoms with Crippen LogP contribution < -0.4 is 5.73 Å². The van der Waals surface area contributed by atoms with Crippen LogP contribution in [0.1, 0.15) is 44.9 Å². The molecule has 90 valence electrons. The van der Waals surface area contributed by atoms with E-state index in [0.29, 0.717) is 6.04 Å². The second kappa shape index (κ2) is 5.02. The van der Waals surface area contributed by atoms with E-state index in [2.05, 4.69) is 18.7 Å². The molecule has 1 aromatic heterocycles. The Kier molecular flexibility index (Phi) is 3.66. The van der Waals surface area contributed by atoms with Gasteiger partial charge in [-0.25, -0.2) is 0 Å². The van der Waals surface area contributed by atoms with Gasteiger partial charge in [0.25, 0.3) is 0 Å². The molecule has 16 heavy (non-hydrogen) atoms. The average Bonchev–Trinajstić information content (AvgIpc) is 2.74. The Labute approximate surface area is 97.6 Å². The molecule has 3 atom stereocenters. The molecule has 0 radical (unpaired) electrons. The fourth-order valence-electron chi connectivity index (χ4n) is 2.72. The molecule has 0 bridgehead atoms. The average molecular weight is 222 g/mol. The summed E-state index contributed by atoms with van der Waals surface area (Å²) in [4.78, 5) is 2.49. The molecular formula is C13H22N2O. The maximum Gasteiger partial charge on any atom is 0.122 e. The van der Waals surface area contributed by atoms with Crippen LogP contribution in [-0.4, -0.2) is 23.5 Å². The minimum Gasteiger partial charge on any atom is -0.468 e. The monoisotopic (exact) mass is 222 g/mol. The van der Waals surface area contributed by atoms with Crippen molar-refractivity contribution in [2.75, 3.05) is 6.54 Å². The second-order valence-corrected chi connectivity index (χ2v) is 4.90. The van der Waals surface area contributed by atoms with Crippen LogP contribution in [0, 0.1) is 0 Å². The summed E-state index contributed by atoms with van der Waals surface area (Å²) in [6.45, 7) is 5.49. The Morgan fingerprint density at radius 3 is 2.88 bits per heavy atom. The molecule has 1 aliphatic rings. The Morgan fingerprint density at radius 2 is 2.31 bits per heavy atom. The van der Waals surface area contributed by atoms with Crippen molar-refractivity contribution in [2.24, 2.45) is 5.73 Å². The Balaban J connectivity index is 2.18. The number of nitrogens with zero attached hydrogens (tertiary/aromatic N) is 1. The summed E-state index contributed by atoms with van der Waals surface area (Å²) >= 11 is 0. The number of likely N-dealkylation sites (tertiary alicyclic amines) is 1. The standard InChI is InChI=1S/C13H22N2O/c1-10-6-3-4-8-15(10)13(11(2)14)12-7-5-9-16-12/h5,7,9-11,13H,3-4,6,8,14H2,1-2H3. The van der Waals surface area contributed by atoms with Crippen molar-refractivity contribution < 1.29 is 4.42 Å². The lowest BCUT2D eigenvalue weighted by Crippen LogP contribution is -2.46. The third-order valence-corrected chi connectivity index (χ3v) is 3.54. The van der Waals surface area contributed by atoms with Crippen molar-refractivity contribution in [2.45, 2.75) is 51.2 Å². The minimum absolute atomic E-state index is 0.103. The summed E-state index contributed by atoms with van der Waals surface area (Å²) in [5, 5.41) is 0. The van der Waals surface area contributed by atoms with Gasteiger partial charge in [-0.05, 0) is 45.4 Å². The molecule has 0 aliphatic carbocycles. The molecule has 1 saturated heterocycles. The van der Waals surface area contributed by atoms with Crippen molar-refractivity contribution >= 4 is 0 Å². The van der Waals surface area contributed by atoms with Gasteiger partial charge in [0, 0.05) is 12.1 Å². The quantitative estimate of drug-likeness (QED) is 0.854. The van der Waals surface area contributed by atoms with Crippen LogP contribution in [0.3, 0.4) is 0 Å². The zero-order chi connectivity index (χ0) is 11.5. The van der Waals surface area contributed by atoms with Gasteiger partial charge >= 0.3 is 0 Å². The molecule has 3 nitrogen and oxygen atoms in total. The molecule has 2 heterocycles. The molecular weight excluding hydrogens is 200 g/mol. The van der Waals surface area contributed by atoms with Crippen LogP contribution in [0.15, 0.2) is 22.8 Å². The maximum absolute atomic E-state index is 6.12. The van der Waals surface area contributed by atoms with Crippen LogP contribution in [0.2, 0.25) is 0 Å². The lowest BCUT2D eigenvalue weighted by Gasteiger charge is -2.40. The van der Waals surface area contributed by atoms with Crippen LogP contribution in [0.5, 0.6) is 0 Å². The van der Waals surface area contributed by atoms with E-state index in [1.54, 1.807) is 6.26 Å². The van der Waals surface area contributed by atoms with E-state index in [1.807, 2.05) is 12.1 Å². The third-order valence-electron chi connectivity index (χ3n) is 3.54. The van der Waals surface area contributed by atoms with Crippen molar-refractivity contribution in [1.82, 2.24) is 4.90 Å². The number of nitrogens with two attached hydrogens (primary N) is 1. The van der Waals surface area contributed by atoms with Crippen LogP contribution in [-0.2, 0) is 0 Å². The molecule has 0 amide bonds. The lowest BCUT2D eigenvalue weighted by molar-refractivity contribution is 0.0793. The normalized spacial score (nSPS) is 26.6. The van der Waals surface area contributed by atoms with Crippen LogP contribution in [0.4, 0.5) is 0 Å². The maximum atomic E-state index is 6.12.